The van der Waals surface area contributed by atoms with Crippen molar-refractivity contribution in [3.8, 4) is 0 Å². The molecule has 0 spiro atoms. The van der Waals surface area contributed by atoms with Gasteiger partial charge < -0.3 is 9.47 Å². The van der Waals surface area contributed by atoms with Crippen molar-refractivity contribution >= 4 is 16.1 Å². The molecule has 0 aliphatic rings. The summed E-state index contributed by atoms with van der Waals surface area (Å²) < 4.78 is 34.7. The van der Waals surface area contributed by atoms with Crippen molar-refractivity contribution in [2.45, 2.75) is 0 Å². The summed E-state index contributed by atoms with van der Waals surface area (Å²) in [7, 11) is -3.45. The molecule has 0 aliphatic heterocycles. The lowest BCUT2D eigenvalue weighted by Gasteiger charge is -2.03. The van der Waals surface area contributed by atoms with Crippen molar-refractivity contribution in [1.29, 1.82) is 0 Å². The van der Waals surface area contributed by atoms with E-state index in [1.165, 1.54) is 6.08 Å². The highest BCUT2D eigenvalue weighted by Gasteiger charge is 2.03. The first-order valence-corrected chi connectivity index (χ1v) is 5.96. The molecule has 0 saturated carbocycles. The second-order valence-corrected chi connectivity index (χ2v) is 4.19. The minimum atomic E-state index is -3.45. The van der Waals surface area contributed by atoms with Crippen molar-refractivity contribution < 1.29 is 26.9 Å². The number of esters is 1. The van der Waals surface area contributed by atoms with Crippen LogP contribution in [0.5, 0.6) is 0 Å². The van der Waals surface area contributed by atoms with Crippen LogP contribution in [0.3, 0.4) is 0 Å². The van der Waals surface area contributed by atoms with Crippen LogP contribution in [0.25, 0.3) is 0 Å². The van der Waals surface area contributed by atoms with Gasteiger partial charge in [0, 0.05) is 0 Å². The predicted octanol–water partition coefficient (Wildman–Crippen LogP) is -0.292. The van der Waals surface area contributed by atoms with Gasteiger partial charge in [-0.3, -0.25) is 4.18 Å². The third-order valence-corrected chi connectivity index (χ3v) is 1.70. The molecule has 0 saturated heterocycles. The fourth-order valence-corrected chi connectivity index (χ4v) is 0.964. The van der Waals surface area contributed by atoms with Crippen LogP contribution in [-0.4, -0.2) is 47.1 Å². The van der Waals surface area contributed by atoms with Crippen molar-refractivity contribution in [2.24, 2.45) is 0 Å². The number of carbonyl (C=O) groups is 1. The molecular weight excluding hydrogens is 224 g/mol. The molecule has 0 amide bonds. The van der Waals surface area contributed by atoms with Gasteiger partial charge in [0.25, 0.3) is 10.1 Å². The largest absolute Gasteiger partial charge is 0.460 e. The van der Waals surface area contributed by atoms with Crippen LogP contribution in [0, 0.1) is 0 Å². The fraction of sp³-hybridized carbons (Fsp3) is 0.625. The molecule has 0 aromatic heterocycles. The fourth-order valence-electron chi connectivity index (χ4n) is 0.593. The van der Waals surface area contributed by atoms with E-state index in [0.717, 1.165) is 6.26 Å². The average molecular weight is 238 g/mol. The molecule has 0 atom stereocenters. The predicted molar refractivity (Wildman–Crippen MR) is 52.8 cm³/mol. The van der Waals surface area contributed by atoms with Crippen LogP contribution in [-0.2, 0) is 28.6 Å². The van der Waals surface area contributed by atoms with E-state index in [0.29, 0.717) is 0 Å². The van der Waals surface area contributed by atoms with Gasteiger partial charge in [-0.15, -0.1) is 0 Å². The van der Waals surface area contributed by atoms with E-state index >= 15 is 0 Å². The summed E-state index contributed by atoms with van der Waals surface area (Å²) in [5, 5.41) is 0. The van der Waals surface area contributed by atoms with Crippen molar-refractivity contribution in [1.82, 2.24) is 0 Å². The highest BCUT2D eigenvalue weighted by Crippen LogP contribution is 1.87. The summed E-state index contributed by atoms with van der Waals surface area (Å²) in [5.41, 5.74) is 0. The van der Waals surface area contributed by atoms with Gasteiger partial charge in [0.05, 0.1) is 19.5 Å². The van der Waals surface area contributed by atoms with Crippen LogP contribution in [0.2, 0.25) is 0 Å². The molecule has 0 unspecified atom stereocenters. The molecule has 6 nitrogen and oxygen atoms in total. The molecule has 0 bridgehead atoms. The Morgan fingerprint density at radius 2 is 2.07 bits per heavy atom. The highest BCUT2D eigenvalue weighted by atomic mass is 32.2. The normalized spacial score (nSPS) is 11.0. The number of hydrogen-bond acceptors (Lipinski definition) is 6. The van der Waals surface area contributed by atoms with Gasteiger partial charge in [0.2, 0.25) is 0 Å². The molecule has 0 N–H and O–H groups in total. The Morgan fingerprint density at radius 3 is 2.60 bits per heavy atom. The first-order chi connectivity index (χ1) is 6.95. The molecule has 0 fully saturated rings. The van der Waals surface area contributed by atoms with Crippen LogP contribution in [0.1, 0.15) is 0 Å². The smallest absolute Gasteiger partial charge is 0.332 e. The van der Waals surface area contributed by atoms with Gasteiger partial charge in [-0.05, 0) is 0 Å². The Labute approximate surface area is 88.9 Å². The lowest BCUT2D eigenvalue weighted by atomic mass is 10.6. The lowest BCUT2D eigenvalue weighted by molar-refractivity contribution is -0.147. The summed E-state index contributed by atoms with van der Waals surface area (Å²) in [5.74, 6) is -0.533. The van der Waals surface area contributed by atoms with E-state index in [1.54, 1.807) is 0 Å². The maximum atomic E-state index is 10.8. The maximum absolute atomic E-state index is 10.8. The number of carbonyl (C=O) groups excluding carboxylic acids is 1. The highest BCUT2D eigenvalue weighted by molar-refractivity contribution is 7.85. The quantitative estimate of drug-likeness (QED) is 0.250. The van der Waals surface area contributed by atoms with E-state index in [-0.39, 0.29) is 26.4 Å². The zero-order valence-electron chi connectivity index (χ0n) is 8.47. The first-order valence-electron chi connectivity index (χ1n) is 4.14. The molecule has 15 heavy (non-hydrogen) atoms. The molecular formula is C8H14O6S. The van der Waals surface area contributed by atoms with Crippen LogP contribution in [0.15, 0.2) is 12.7 Å². The van der Waals surface area contributed by atoms with Crippen molar-refractivity contribution in [3.63, 3.8) is 0 Å². The van der Waals surface area contributed by atoms with Crippen molar-refractivity contribution in [3.05, 3.63) is 12.7 Å². The zero-order valence-corrected chi connectivity index (χ0v) is 9.29. The molecule has 0 rings (SSSR count). The summed E-state index contributed by atoms with van der Waals surface area (Å²) in [6.07, 6.45) is 2.37. The topological polar surface area (TPSA) is 78.9 Å². The summed E-state index contributed by atoms with van der Waals surface area (Å²) >= 11 is 0. The van der Waals surface area contributed by atoms with Gasteiger partial charge >= 0.3 is 5.97 Å². The van der Waals surface area contributed by atoms with Gasteiger partial charge in [-0.2, -0.15) is 8.42 Å². The molecule has 0 aliphatic carbocycles. The second-order valence-electron chi connectivity index (χ2n) is 2.55. The summed E-state index contributed by atoms with van der Waals surface area (Å²) in [6, 6.07) is 0. The Kier molecular flexibility index (Phi) is 6.93. The Balaban J connectivity index is 3.39. The molecule has 0 aromatic carbocycles. The third-order valence-electron chi connectivity index (χ3n) is 1.11. The zero-order chi connectivity index (χ0) is 11.7. The van der Waals surface area contributed by atoms with Gasteiger partial charge in [-0.1, -0.05) is 12.7 Å². The van der Waals surface area contributed by atoms with Crippen LogP contribution >= 0.6 is 0 Å². The minimum absolute atomic E-state index is 0.0102. The Hall–Kier alpha value is -0.920. The lowest BCUT2D eigenvalue weighted by Crippen LogP contribution is -2.16. The molecule has 7 heteroatoms. The first kappa shape index (κ1) is 14.1. The summed E-state index contributed by atoms with van der Waals surface area (Å²) in [6.45, 7) is 3.15. The number of ether oxygens (including phenoxy) is 2. The van der Waals surface area contributed by atoms with Crippen molar-refractivity contribution in [2.75, 3.05) is 32.7 Å². The summed E-state index contributed by atoms with van der Waals surface area (Å²) in [4.78, 5) is 10.8. The van der Waals surface area contributed by atoms with E-state index in [9.17, 15) is 13.2 Å². The van der Waals surface area contributed by atoms with E-state index in [4.69, 9.17) is 4.74 Å². The van der Waals surface area contributed by atoms with Gasteiger partial charge in [-0.25, -0.2) is 4.79 Å². The van der Waals surface area contributed by atoms with Gasteiger partial charge in [0.1, 0.15) is 13.2 Å². The average Bonchev–Trinajstić information content (AvgIpc) is 2.12. The van der Waals surface area contributed by atoms with Gasteiger partial charge in [0.15, 0.2) is 0 Å². The molecule has 88 valence electrons. The van der Waals surface area contributed by atoms with E-state index < -0.39 is 16.1 Å². The molecule has 0 radical (unpaired) electrons. The number of hydrogen-bond donors (Lipinski definition) is 0. The Bertz CT molecular complexity index is 294. The van der Waals surface area contributed by atoms with E-state index in [2.05, 4.69) is 15.5 Å². The SMILES string of the molecule is C=CCOC(=O)COCCOS(C)(=O)=O. The Morgan fingerprint density at radius 1 is 1.40 bits per heavy atom. The molecule has 0 aromatic rings. The minimum Gasteiger partial charge on any atom is -0.460 e. The van der Waals surface area contributed by atoms with Crippen LogP contribution in [0.4, 0.5) is 0 Å². The number of rotatable bonds is 8. The standard InChI is InChI=1S/C8H14O6S/c1-3-4-13-8(9)7-12-5-6-14-15(2,10)11/h3H,1,4-7H2,2H3. The second kappa shape index (κ2) is 7.38. The van der Waals surface area contributed by atoms with E-state index in [1.807, 2.05) is 0 Å². The van der Waals surface area contributed by atoms with Crippen LogP contribution < -0.4 is 0 Å². The molecule has 0 heterocycles. The third kappa shape index (κ3) is 11.0. The maximum Gasteiger partial charge on any atom is 0.332 e. The monoisotopic (exact) mass is 238 g/mol.